The van der Waals surface area contributed by atoms with Crippen molar-refractivity contribution in [3.8, 4) is 16.9 Å². The number of aromatic nitrogens is 3. The molecule has 3 nitrogen and oxygen atoms in total. The molecule has 1 aliphatic carbocycles. The van der Waals surface area contributed by atoms with E-state index >= 15 is 0 Å². The van der Waals surface area contributed by atoms with Crippen LogP contribution in [0, 0.1) is 5.41 Å². The Hall–Kier alpha value is -1.84. The van der Waals surface area contributed by atoms with E-state index in [2.05, 4.69) is 24.9 Å². The Morgan fingerprint density at radius 3 is 2.56 bits per heavy atom. The average Bonchev–Trinajstić information content (AvgIpc) is 3.02. The second-order valence-corrected chi connectivity index (χ2v) is 8.10. The minimum Gasteiger partial charge on any atom is -0.264 e. The Balaban J connectivity index is 1.86. The van der Waals surface area contributed by atoms with Gasteiger partial charge in [-0.15, -0.1) is 0 Å². The van der Waals surface area contributed by atoms with E-state index in [4.69, 9.17) is 28.3 Å². The molecule has 1 saturated carbocycles. The van der Waals surface area contributed by atoms with Crippen molar-refractivity contribution in [3.05, 3.63) is 64.5 Å². The molecule has 0 N–H and O–H groups in total. The Morgan fingerprint density at radius 2 is 1.96 bits per heavy atom. The fraction of sp³-hybridized carbons (Fsp3) is 0.300. The number of rotatable bonds is 3. The molecule has 128 valence electrons. The van der Waals surface area contributed by atoms with Crippen LogP contribution in [0.5, 0.6) is 0 Å². The van der Waals surface area contributed by atoms with Crippen LogP contribution in [0.25, 0.3) is 16.9 Å². The van der Waals surface area contributed by atoms with Gasteiger partial charge in [0.25, 0.3) is 0 Å². The van der Waals surface area contributed by atoms with E-state index in [1.54, 1.807) is 6.20 Å². The average molecular weight is 372 g/mol. The van der Waals surface area contributed by atoms with E-state index in [1.807, 2.05) is 41.2 Å². The molecule has 0 spiro atoms. The van der Waals surface area contributed by atoms with E-state index in [0.717, 1.165) is 16.9 Å². The van der Waals surface area contributed by atoms with Gasteiger partial charge >= 0.3 is 0 Å². The van der Waals surface area contributed by atoms with E-state index < -0.39 is 0 Å². The van der Waals surface area contributed by atoms with Gasteiger partial charge in [0.15, 0.2) is 0 Å². The molecule has 1 aliphatic rings. The normalized spacial score (nSPS) is 18.8. The summed E-state index contributed by atoms with van der Waals surface area (Å²) in [5, 5.41) is 5.95. The molecule has 4 rings (SSSR count). The zero-order chi connectivity index (χ0) is 17.6. The van der Waals surface area contributed by atoms with Crippen LogP contribution in [0.2, 0.25) is 10.0 Å². The van der Waals surface area contributed by atoms with Gasteiger partial charge in [0, 0.05) is 29.6 Å². The van der Waals surface area contributed by atoms with Crippen molar-refractivity contribution >= 4 is 23.2 Å². The van der Waals surface area contributed by atoms with Gasteiger partial charge < -0.3 is 0 Å². The highest BCUT2D eigenvalue weighted by molar-refractivity contribution is 6.42. The van der Waals surface area contributed by atoms with E-state index in [0.29, 0.717) is 16.0 Å². The fourth-order valence-electron chi connectivity index (χ4n) is 3.54. The van der Waals surface area contributed by atoms with Gasteiger partial charge in [-0.3, -0.25) is 4.98 Å². The van der Waals surface area contributed by atoms with Crippen LogP contribution < -0.4 is 0 Å². The third kappa shape index (κ3) is 2.96. The predicted octanol–water partition coefficient (Wildman–Crippen LogP) is 6.14. The summed E-state index contributed by atoms with van der Waals surface area (Å²) in [7, 11) is 0. The van der Waals surface area contributed by atoms with Crippen molar-refractivity contribution < 1.29 is 0 Å². The van der Waals surface area contributed by atoms with E-state index in [-0.39, 0.29) is 5.41 Å². The summed E-state index contributed by atoms with van der Waals surface area (Å²) >= 11 is 12.3. The maximum Gasteiger partial charge on any atom is 0.0946 e. The zero-order valence-corrected chi connectivity index (χ0v) is 15.7. The maximum atomic E-state index is 6.24. The van der Waals surface area contributed by atoms with Crippen LogP contribution in [0.15, 0.2) is 48.8 Å². The summed E-state index contributed by atoms with van der Waals surface area (Å²) in [4.78, 5) is 4.22. The molecule has 0 bridgehead atoms. The molecule has 0 aliphatic heterocycles. The van der Waals surface area contributed by atoms with Crippen LogP contribution in [-0.2, 0) is 0 Å². The zero-order valence-electron chi connectivity index (χ0n) is 14.2. The van der Waals surface area contributed by atoms with Crippen molar-refractivity contribution in [1.82, 2.24) is 14.8 Å². The predicted molar refractivity (Wildman–Crippen MR) is 103 cm³/mol. The first-order valence-electron chi connectivity index (χ1n) is 8.41. The third-order valence-corrected chi connectivity index (χ3v) is 5.96. The quantitative estimate of drug-likeness (QED) is 0.552. The Bertz CT molecular complexity index is 916. The highest BCUT2D eigenvalue weighted by atomic mass is 35.5. The first-order valence-corrected chi connectivity index (χ1v) is 9.17. The summed E-state index contributed by atoms with van der Waals surface area (Å²) in [6, 6.07) is 11.8. The molecular formula is C20H19Cl2N3. The largest absolute Gasteiger partial charge is 0.264 e. The van der Waals surface area contributed by atoms with Gasteiger partial charge in [-0.25, -0.2) is 4.68 Å². The molecule has 2 aromatic heterocycles. The van der Waals surface area contributed by atoms with Crippen LogP contribution in [0.3, 0.4) is 0 Å². The van der Waals surface area contributed by atoms with Crippen molar-refractivity contribution in [3.63, 3.8) is 0 Å². The smallest absolute Gasteiger partial charge is 0.0946 e. The monoisotopic (exact) mass is 371 g/mol. The molecular weight excluding hydrogens is 353 g/mol. The Morgan fingerprint density at radius 1 is 1.12 bits per heavy atom. The number of hydrogen-bond donors (Lipinski definition) is 0. The van der Waals surface area contributed by atoms with Crippen LogP contribution in [-0.4, -0.2) is 14.8 Å². The van der Waals surface area contributed by atoms with Crippen LogP contribution in [0.1, 0.15) is 38.3 Å². The Labute approximate surface area is 157 Å². The molecule has 2 heterocycles. The molecule has 1 atom stereocenters. The molecule has 0 amide bonds. The van der Waals surface area contributed by atoms with Gasteiger partial charge in [-0.2, -0.15) is 5.10 Å². The highest BCUT2D eigenvalue weighted by Crippen LogP contribution is 2.53. The molecule has 0 saturated heterocycles. The SMILES string of the molecule is CC1(C)CC[C@H]1c1cc(-c2cccnc2)nn1-c1ccc(Cl)c(Cl)c1. The van der Waals surface area contributed by atoms with Gasteiger partial charge in [-0.1, -0.05) is 37.0 Å². The van der Waals surface area contributed by atoms with E-state index in [9.17, 15) is 0 Å². The molecule has 0 radical (unpaired) electrons. The van der Waals surface area contributed by atoms with Crippen molar-refractivity contribution in [2.75, 3.05) is 0 Å². The maximum absolute atomic E-state index is 6.24. The second-order valence-electron chi connectivity index (χ2n) is 7.29. The first kappa shape index (κ1) is 16.6. The first-order chi connectivity index (χ1) is 12.0. The molecule has 1 fully saturated rings. The number of halogens is 2. The molecule has 3 aromatic rings. The molecule has 5 heteroatoms. The van der Waals surface area contributed by atoms with Crippen LogP contribution >= 0.6 is 23.2 Å². The fourth-order valence-corrected chi connectivity index (χ4v) is 3.83. The van der Waals surface area contributed by atoms with Crippen molar-refractivity contribution in [2.45, 2.75) is 32.6 Å². The van der Waals surface area contributed by atoms with Gasteiger partial charge in [0.1, 0.15) is 0 Å². The Kier molecular flexibility index (Phi) is 4.09. The summed E-state index contributed by atoms with van der Waals surface area (Å²) in [6.45, 7) is 4.63. The summed E-state index contributed by atoms with van der Waals surface area (Å²) < 4.78 is 2.01. The molecule has 1 aromatic carbocycles. The van der Waals surface area contributed by atoms with Gasteiger partial charge in [-0.05, 0) is 54.7 Å². The van der Waals surface area contributed by atoms with E-state index in [1.165, 1.54) is 18.5 Å². The summed E-state index contributed by atoms with van der Waals surface area (Å²) in [6.07, 6.45) is 6.02. The lowest BCUT2D eigenvalue weighted by Gasteiger charge is -2.44. The third-order valence-electron chi connectivity index (χ3n) is 5.22. The lowest BCUT2D eigenvalue weighted by Crippen LogP contribution is -2.33. The minimum absolute atomic E-state index is 0.278. The standard InChI is InChI=1S/C20H19Cl2N3/c1-20(2)8-7-15(20)19-11-18(13-4-3-9-23-12-13)24-25(19)14-5-6-16(21)17(22)10-14/h3-6,9-12,15H,7-8H2,1-2H3/t15-/m0/s1. The number of hydrogen-bond acceptors (Lipinski definition) is 2. The molecule has 25 heavy (non-hydrogen) atoms. The second kappa shape index (κ2) is 6.15. The highest BCUT2D eigenvalue weighted by Gasteiger charge is 2.41. The van der Waals surface area contributed by atoms with Crippen molar-refractivity contribution in [1.29, 1.82) is 0 Å². The summed E-state index contributed by atoms with van der Waals surface area (Å²) in [5.41, 5.74) is 4.37. The van der Waals surface area contributed by atoms with Gasteiger partial charge in [0.2, 0.25) is 0 Å². The molecule has 0 unspecified atom stereocenters. The summed E-state index contributed by atoms with van der Waals surface area (Å²) in [5.74, 6) is 0.472. The number of pyridine rings is 1. The minimum atomic E-state index is 0.278. The topological polar surface area (TPSA) is 30.7 Å². The van der Waals surface area contributed by atoms with Gasteiger partial charge in [0.05, 0.1) is 21.4 Å². The van der Waals surface area contributed by atoms with Crippen LogP contribution in [0.4, 0.5) is 0 Å². The number of benzene rings is 1. The van der Waals surface area contributed by atoms with Crippen molar-refractivity contribution in [2.24, 2.45) is 5.41 Å². The number of nitrogens with zero attached hydrogens (tertiary/aromatic N) is 3. The lowest BCUT2D eigenvalue weighted by atomic mass is 9.61. The lowest BCUT2D eigenvalue weighted by molar-refractivity contribution is 0.134.